The summed E-state index contributed by atoms with van der Waals surface area (Å²) in [6, 6.07) is 13.3. The fourth-order valence-electron chi connectivity index (χ4n) is 4.40. The first-order chi connectivity index (χ1) is 13.5. The molecule has 0 bridgehead atoms. The lowest BCUT2D eigenvalue weighted by Gasteiger charge is -2.32. The number of rotatable bonds is 4. The van der Waals surface area contributed by atoms with Crippen LogP contribution in [0, 0.1) is 5.92 Å². The molecular weight excluding hydrogens is 372 g/mol. The number of fused-ring (bicyclic) bond motifs is 1. The van der Waals surface area contributed by atoms with Gasteiger partial charge < -0.3 is 5.32 Å². The van der Waals surface area contributed by atoms with Gasteiger partial charge in [0.2, 0.25) is 15.9 Å². The SMILES string of the molecule is O=C(NC1CCCCC1)C1CCN(S(=O)(=O)c2ccc3ccccc3c2)CC1. The molecule has 28 heavy (non-hydrogen) atoms. The minimum absolute atomic E-state index is 0.0787. The van der Waals surface area contributed by atoms with E-state index in [1.54, 1.807) is 12.1 Å². The molecule has 0 spiro atoms. The summed E-state index contributed by atoms with van der Waals surface area (Å²) in [6.45, 7) is 0.801. The summed E-state index contributed by atoms with van der Waals surface area (Å²) in [5.74, 6) is 0.0274. The minimum atomic E-state index is -3.53. The lowest BCUT2D eigenvalue weighted by Crippen LogP contribution is -2.45. The number of nitrogens with zero attached hydrogens (tertiary/aromatic N) is 1. The van der Waals surface area contributed by atoms with Gasteiger partial charge >= 0.3 is 0 Å². The van der Waals surface area contributed by atoms with Gasteiger partial charge in [0.05, 0.1) is 4.90 Å². The number of hydrogen-bond acceptors (Lipinski definition) is 3. The summed E-state index contributed by atoms with van der Waals surface area (Å²) < 4.78 is 27.6. The van der Waals surface area contributed by atoms with Crippen molar-refractivity contribution in [2.75, 3.05) is 13.1 Å². The van der Waals surface area contributed by atoms with Gasteiger partial charge in [-0.25, -0.2) is 8.42 Å². The van der Waals surface area contributed by atoms with Crippen molar-refractivity contribution >= 4 is 26.7 Å². The number of hydrogen-bond donors (Lipinski definition) is 1. The summed E-state index contributed by atoms with van der Waals surface area (Å²) in [7, 11) is -3.53. The molecule has 2 aliphatic rings. The first-order valence-electron chi connectivity index (χ1n) is 10.3. The van der Waals surface area contributed by atoms with Crippen molar-refractivity contribution in [3.05, 3.63) is 42.5 Å². The number of amides is 1. The van der Waals surface area contributed by atoms with Crippen LogP contribution < -0.4 is 5.32 Å². The average Bonchev–Trinajstić information content (AvgIpc) is 2.74. The fourth-order valence-corrected chi connectivity index (χ4v) is 5.91. The molecule has 1 amide bonds. The number of benzene rings is 2. The van der Waals surface area contributed by atoms with E-state index in [-0.39, 0.29) is 11.8 Å². The van der Waals surface area contributed by atoms with Gasteiger partial charge in [-0.05, 0) is 48.6 Å². The zero-order valence-electron chi connectivity index (χ0n) is 16.1. The van der Waals surface area contributed by atoms with Crippen LogP contribution >= 0.6 is 0 Å². The molecule has 0 radical (unpaired) electrons. The van der Waals surface area contributed by atoms with E-state index in [0.29, 0.717) is 36.9 Å². The standard InChI is InChI=1S/C22H28N2O3S/c25-22(23-20-8-2-1-3-9-20)18-12-14-24(15-13-18)28(26,27)21-11-10-17-6-4-5-7-19(17)16-21/h4-7,10-11,16,18,20H,1-3,8-9,12-15H2,(H,23,25). The molecule has 150 valence electrons. The number of piperidine rings is 1. The summed E-state index contributed by atoms with van der Waals surface area (Å²) in [4.78, 5) is 12.9. The maximum absolute atomic E-state index is 13.0. The van der Waals surface area contributed by atoms with Gasteiger partial charge in [-0.2, -0.15) is 4.31 Å². The highest BCUT2D eigenvalue weighted by atomic mass is 32.2. The normalized spacial score (nSPS) is 20.3. The zero-order chi connectivity index (χ0) is 19.6. The van der Waals surface area contributed by atoms with Gasteiger partial charge in [0.15, 0.2) is 0 Å². The average molecular weight is 401 g/mol. The van der Waals surface area contributed by atoms with E-state index in [1.807, 2.05) is 30.3 Å². The van der Waals surface area contributed by atoms with Crippen LogP contribution in [0.1, 0.15) is 44.9 Å². The first-order valence-corrected chi connectivity index (χ1v) is 11.8. The van der Waals surface area contributed by atoms with Crippen LogP contribution in [0.2, 0.25) is 0 Å². The van der Waals surface area contributed by atoms with Gasteiger partial charge in [-0.15, -0.1) is 0 Å². The quantitative estimate of drug-likeness (QED) is 0.851. The summed E-state index contributed by atoms with van der Waals surface area (Å²) >= 11 is 0. The van der Waals surface area contributed by atoms with E-state index in [9.17, 15) is 13.2 Å². The van der Waals surface area contributed by atoms with Crippen molar-refractivity contribution in [1.29, 1.82) is 0 Å². The second-order valence-electron chi connectivity index (χ2n) is 8.03. The lowest BCUT2D eigenvalue weighted by atomic mass is 9.93. The van der Waals surface area contributed by atoms with Crippen LogP contribution in [0.4, 0.5) is 0 Å². The van der Waals surface area contributed by atoms with Gasteiger partial charge in [0.1, 0.15) is 0 Å². The third-order valence-electron chi connectivity index (χ3n) is 6.13. The Kier molecular flexibility index (Phi) is 5.69. The Balaban J connectivity index is 1.39. The van der Waals surface area contributed by atoms with Crippen LogP contribution in [0.5, 0.6) is 0 Å². The Bertz CT molecular complexity index is 943. The smallest absolute Gasteiger partial charge is 0.243 e. The third-order valence-corrected chi connectivity index (χ3v) is 8.03. The maximum Gasteiger partial charge on any atom is 0.243 e. The van der Waals surface area contributed by atoms with Gasteiger partial charge in [0.25, 0.3) is 0 Å². The molecule has 1 N–H and O–H groups in total. The zero-order valence-corrected chi connectivity index (χ0v) is 17.0. The molecule has 1 aliphatic carbocycles. The number of nitrogens with one attached hydrogen (secondary N) is 1. The lowest BCUT2D eigenvalue weighted by molar-refractivity contribution is -0.127. The van der Waals surface area contributed by atoms with Crippen LogP contribution in [0.15, 0.2) is 47.4 Å². The van der Waals surface area contributed by atoms with E-state index < -0.39 is 10.0 Å². The van der Waals surface area contributed by atoms with Crippen molar-refractivity contribution in [3.63, 3.8) is 0 Å². The van der Waals surface area contributed by atoms with Crippen LogP contribution in [0.25, 0.3) is 10.8 Å². The maximum atomic E-state index is 13.0. The molecule has 1 saturated heterocycles. The van der Waals surface area contributed by atoms with Gasteiger partial charge in [0, 0.05) is 25.0 Å². The van der Waals surface area contributed by atoms with Crippen molar-refractivity contribution < 1.29 is 13.2 Å². The van der Waals surface area contributed by atoms with Crippen LogP contribution in [0.3, 0.4) is 0 Å². The minimum Gasteiger partial charge on any atom is -0.353 e. The molecule has 1 aliphatic heterocycles. The molecule has 0 unspecified atom stereocenters. The van der Waals surface area contributed by atoms with Crippen molar-refractivity contribution in [1.82, 2.24) is 9.62 Å². The van der Waals surface area contributed by atoms with E-state index in [0.717, 1.165) is 23.6 Å². The van der Waals surface area contributed by atoms with E-state index in [1.165, 1.54) is 23.6 Å². The molecule has 6 heteroatoms. The predicted molar refractivity (Wildman–Crippen MR) is 110 cm³/mol. The Morgan fingerprint density at radius 1 is 0.893 bits per heavy atom. The van der Waals surface area contributed by atoms with Crippen molar-refractivity contribution in [2.45, 2.75) is 55.9 Å². The molecule has 1 saturated carbocycles. The number of carbonyl (C=O) groups is 1. The molecule has 2 fully saturated rings. The molecule has 1 heterocycles. The molecular formula is C22H28N2O3S. The Hall–Kier alpha value is -1.92. The van der Waals surface area contributed by atoms with E-state index in [2.05, 4.69) is 5.32 Å². The van der Waals surface area contributed by atoms with Gasteiger partial charge in [-0.1, -0.05) is 49.6 Å². The van der Waals surface area contributed by atoms with Crippen LogP contribution in [-0.4, -0.2) is 37.8 Å². The fraction of sp³-hybridized carbons (Fsp3) is 0.500. The van der Waals surface area contributed by atoms with Crippen molar-refractivity contribution in [2.24, 2.45) is 5.92 Å². The Morgan fingerprint density at radius 3 is 2.29 bits per heavy atom. The Labute approximate surface area is 167 Å². The molecule has 2 aromatic carbocycles. The second kappa shape index (κ2) is 8.21. The molecule has 4 rings (SSSR count). The number of sulfonamides is 1. The topological polar surface area (TPSA) is 66.5 Å². The van der Waals surface area contributed by atoms with Gasteiger partial charge in [-0.3, -0.25) is 4.79 Å². The molecule has 0 atom stereocenters. The summed E-state index contributed by atoms with van der Waals surface area (Å²) in [5, 5.41) is 5.14. The Morgan fingerprint density at radius 2 is 1.57 bits per heavy atom. The van der Waals surface area contributed by atoms with Crippen molar-refractivity contribution in [3.8, 4) is 0 Å². The largest absolute Gasteiger partial charge is 0.353 e. The summed E-state index contributed by atoms with van der Waals surface area (Å²) in [6.07, 6.45) is 6.96. The highest BCUT2D eigenvalue weighted by molar-refractivity contribution is 7.89. The highest BCUT2D eigenvalue weighted by Gasteiger charge is 2.32. The molecule has 5 nitrogen and oxygen atoms in total. The summed E-state index contributed by atoms with van der Waals surface area (Å²) in [5.41, 5.74) is 0. The third kappa shape index (κ3) is 4.08. The van der Waals surface area contributed by atoms with E-state index >= 15 is 0 Å². The first kappa shape index (κ1) is 19.4. The van der Waals surface area contributed by atoms with E-state index in [4.69, 9.17) is 0 Å². The highest BCUT2D eigenvalue weighted by Crippen LogP contribution is 2.27. The monoisotopic (exact) mass is 400 g/mol. The molecule has 2 aromatic rings. The number of carbonyl (C=O) groups excluding carboxylic acids is 1. The predicted octanol–water partition coefficient (Wildman–Crippen LogP) is 3.69. The van der Waals surface area contributed by atoms with Crippen LogP contribution in [-0.2, 0) is 14.8 Å². The molecule has 0 aromatic heterocycles. The second-order valence-corrected chi connectivity index (χ2v) is 9.97.